The maximum Gasteiger partial charge on any atom is 0.245 e. The molecular weight excluding hydrogens is 308 g/mol. The van der Waals surface area contributed by atoms with E-state index in [1.54, 1.807) is 11.2 Å². The molecule has 0 aliphatic carbocycles. The third kappa shape index (κ3) is 3.61. The largest absolute Gasteiger partial charge is 0.364 e. The zero-order valence-corrected chi connectivity index (χ0v) is 14.5. The topological polar surface area (TPSA) is 69.9 Å². The van der Waals surface area contributed by atoms with Gasteiger partial charge in [0.15, 0.2) is 0 Å². The number of rotatable bonds is 5. The lowest BCUT2D eigenvalue weighted by Crippen LogP contribution is -2.56. The van der Waals surface area contributed by atoms with Crippen LogP contribution in [0.5, 0.6) is 0 Å². The number of aromatic nitrogens is 1. The second-order valence-electron chi connectivity index (χ2n) is 6.97. The number of likely N-dealkylation sites (tertiary alicyclic amines) is 1. The molecule has 2 aliphatic heterocycles. The summed E-state index contributed by atoms with van der Waals surface area (Å²) in [5, 5.41) is 3.94. The molecule has 1 aromatic rings. The van der Waals surface area contributed by atoms with Gasteiger partial charge in [0.2, 0.25) is 11.8 Å². The summed E-state index contributed by atoms with van der Waals surface area (Å²) in [6.07, 6.45) is 3.01. The quantitative estimate of drug-likeness (QED) is 0.802. The van der Waals surface area contributed by atoms with Gasteiger partial charge in [0, 0.05) is 51.8 Å². The Hall–Kier alpha value is -1.89. The summed E-state index contributed by atoms with van der Waals surface area (Å²) in [7, 11) is 0. The molecule has 3 rings (SSSR count). The van der Waals surface area contributed by atoms with E-state index in [0.717, 1.165) is 31.7 Å². The minimum atomic E-state index is -0.318. The fourth-order valence-electron chi connectivity index (χ4n) is 3.60. The number of carbonyl (C=O) groups excluding carboxylic acids is 2. The highest BCUT2D eigenvalue weighted by Crippen LogP contribution is 2.21. The molecule has 0 aromatic carbocycles. The molecule has 132 valence electrons. The number of carbonyl (C=O) groups is 2. The summed E-state index contributed by atoms with van der Waals surface area (Å²) in [5.41, 5.74) is 0.914. The lowest BCUT2D eigenvalue weighted by Gasteiger charge is -2.39. The van der Waals surface area contributed by atoms with Gasteiger partial charge in [-0.25, -0.2) is 0 Å². The molecular formula is C17H26N4O3. The normalized spacial score (nSPS) is 20.9. The van der Waals surface area contributed by atoms with E-state index in [9.17, 15) is 9.59 Å². The van der Waals surface area contributed by atoms with Crippen molar-refractivity contribution in [3.8, 4) is 0 Å². The second-order valence-corrected chi connectivity index (χ2v) is 6.97. The van der Waals surface area contributed by atoms with Gasteiger partial charge in [-0.3, -0.25) is 14.5 Å². The zero-order valence-electron chi connectivity index (χ0n) is 14.5. The van der Waals surface area contributed by atoms with Crippen LogP contribution in [0.15, 0.2) is 16.9 Å². The summed E-state index contributed by atoms with van der Waals surface area (Å²) >= 11 is 0. The fraction of sp³-hybridized carbons (Fsp3) is 0.706. The summed E-state index contributed by atoms with van der Waals surface area (Å²) in [6, 6.07) is 1.55. The van der Waals surface area contributed by atoms with E-state index in [0.29, 0.717) is 26.1 Å². The van der Waals surface area contributed by atoms with Crippen LogP contribution in [-0.4, -0.2) is 70.4 Å². The van der Waals surface area contributed by atoms with Crippen molar-refractivity contribution in [3.63, 3.8) is 0 Å². The molecule has 2 amide bonds. The number of hydrogen-bond donors (Lipinski definition) is 0. The molecule has 7 heteroatoms. The highest BCUT2D eigenvalue weighted by Gasteiger charge is 2.37. The Kier molecular flexibility index (Phi) is 5.18. The van der Waals surface area contributed by atoms with Gasteiger partial charge in [-0.2, -0.15) is 0 Å². The Morgan fingerprint density at radius 2 is 2.00 bits per heavy atom. The Morgan fingerprint density at radius 1 is 1.25 bits per heavy atom. The van der Waals surface area contributed by atoms with Crippen molar-refractivity contribution in [2.75, 3.05) is 32.7 Å². The van der Waals surface area contributed by atoms with Crippen LogP contribution in [0.3, 0.4) is 0 Å². The smallest absolute Gasteiger partial charge is 0.245 e. The molecule has 2 fully saturated rings. The van der Waals surface area contributed by atoms with E-state index < -0.39 is 0 Å². The first-order chi connectivity index (χ1) is 11.6. The Labute approximate surface area is 142 Å². The summed E-state index contributed by atoms with van der Waals surface area (Å²) in [6.45, 7) is 8.53. The first-order valence-corrected chi connectivity index (χ1v) is 8.76. The Morgan fingerprint density at radius 3 is 2.54 bits per heavy atom. The van der Waals surface area contributed by atoms with Gasteiger partial charge in [0.1, 0.15) is 12.3 Å². The van der Waals surface area contributed by atoms with Gasteiger partial charge in [-0.1, -0.05) is 19.0 Å². The highest BCUT2D eigenvalue weighted by atomic mass is 16.5. The molecule has 0 radical (unpaired) electrons. The molecule has 24 heavy (non-hydrogen) atoms. The van der Waals surface area contributed by atoms with Crippen molar-refractivity contribution in [2.45, 2.75) is 39.3 Å². The van der Waals surface area contributed by atoms with Crippen LogP contribution >= 0.6 is 0 Å². The van der Waals surface area contributed by atoms with Gasteiger partial charge in [0.05, 0.1) is 5.69 Å². The van der Waals surface area contributed by atoms with E-state index in [2.05, 4.69) is 10.1 Å². The van der Waals surface area contributed by atoms with E-state index in [1.807, 2.05) is 24.8 Å². The molecule has 7 nitrogen and oxygen atoms in total. The fourth-order valence-corrected chi connectivity index (χ4v) is 3.60. The van der Waals surface area contributed by atoms with Crippen LogP contribution in [0, 0.1) is 5.92 Å². The SMILES string of the molecule is CC(C)C(C(=O)N1CCN(Cc2ccon2)CC1)N1CCCC1=O. The van der Waals surface area contributed by atoms with Crippen LogP contribution in [0.2, 0.25) is 0 Å². The third-order valence-electron chi connectivity index (χ3n) is 4.89. The lowest BCUT2D eigenvalue weighted by molar-refractivity contribution is -0.146. The second kappa shape index (κ2) is 7.34. The number of nitrogens with zero attached hydrogens (tertiary/aromatic N) is 4. The minimum Gasteiger partial charge on any atom is -0.364 e. The van der Waals surface area contributed by atoms with Crippen LogP contribution < -0.4 is 0 Å². The maximum absolute atomic E-state index is 13.0. The van der Waals surface area contributed by atoms with Crippen molar-refractivity contribution >= 4 is 11.8 Å². The third-order valence-corrected chi connectivity index (χ3v) is 4.89. The van der Waals surface area contributed by atoms with E-state index >= 15 is 0 Å². The molecule has 0 saturated carbocycles. The number of hydrogen-bond acceptors (Lipinski definition) is 5. The first kappa shape index (κ1) is 17.0. The predicted octanol–water partition coefficient (Wildman–Crippen LogP) is 0.966. The maximum atomic E-state index is 13.0. The molecule has 0 N–H and O–H groups in total. The monoisotopic (exact) mass is 334 g/mol. The predicted molar refractivity (Wildman–Crippen MR) is 87.9 cm³/mol. The molecule has 1 unspecified atom stereocenters. The zero-order chi connectivity index (χ0) is 17.1. The van der Waals surface area contributed by atoms with Crippen molar-refractivity contribution in [1.29, 1.82) is 0 Å². The molecule has 2 aliphatic rings. The van der Waals surface area contributed by atoms with Gasteiger partial charge in [0.25, 0.3) is 0 Å². The average Bonchev–Trinajstić information content (AvgIpc) is 3.20. The van der Waals surface area contributed by atoms with E-state index in [4.69, 9.17) is 4.52 Å². The number of amides is 2. The van der Waals surface area contributed by atoms with Crippen LogP contribution in [-0.2, 0) is 16.1 Å². The summed E-state index contributed by atoms with van der Waals surface area (Å²) in [5.74, 6) is 0.348. The van der Waals surface area contributed by atoms with Crippen LogP contribution in [0.1, 0.15) is 32.4 Å². The molecule has 1 aromatic heterocycles. The minimum absolute atomic E-state index is 0.0985. The summed E-state index contributed by atoms with van der Waals surface area (Å²) < 4.78 is 4.86. The van der Waals surface area contributed by atoms with Crippen molar-refractivity contribution < 1.29 is 14.1 Å². The highest BCUT2D eigenvalue weighted by molar-refractivity contribution is 5.89. The Balaban J connectivity index is 1.57. The van der Waals surface area contributed by atoms with Crippen molar-refractivity contribution in [3.05, 3.63) is 18.0 Å². The molecule has 1 atom stereocenters. The van der Waals surface area contributed by atoms with Crippen LogP contribution in [0.4, 0.5) is 0 Å². The molecule has 0 spiro atoms. The van der Waals surface area contributed by atoms with Gasteiger partial charge < -0.3 is 14.3 Å². The van der Waals surface area contributed by atoms with Crippen molar-refractivity contribution in [1.82, 2.24) is 19.9 Å². The van der Waals surface area contributed by atoms with E-state index in [1.165, 1.54) is 0 Å². The Bertz CT molecular complexity index is 564. The molecule has 3 heterocycles. The standard InChI is InChI=1S/C17H26N4O3/c1-13(2)16(21-6-3-4-15(21)22)17(23)20-9-7-19(8-10-20)12-14-5-11-24-18-14/h5,11,13,16H,3-4,6-10,12H2,1-2H3. The van der Waals surface area contributed by atoms with Gasteiger partial charge in [-0.15, -0.1) is 0 Å². The van der Waals surface area contributed by atoms with Gasteiger partial charge in [-0.05, 0) is 12.3 Å². The molecule has 2 saturated heterocycles. The lowest BCUT2D eigenvalue weighted by atomic mass is 10.0. The van der Waals surface area contributed by atoms with Crippen LogP contribution in [0.25, 0.3) is 0 Å². The first-order valence-electron chi connectivity index (χ1n) is 8.76. The van der Waals surface area contributed by atoms with Crippen molar-refractivity contribution in [2.24, 2.45) is 5.92 Å². The van der Waals surface area contributed by atoms with E-state index in [-0.39, 0.29) is 23.8 Å². The average molecular weight is 334 g/mol. The summed E-state index contributed by atoms with van der Waals surface area (Å²) in [4.78, 5) is 31.0. The van der Waals surface area contributed by atoms with Gasteiger partial charge >= 0.3 is 0 Å². The molecule has 0 bridgehead atoms. The number of piperazine rings is 1.